The first-order valence-electron chi connectivity index (χ1n) is 4.74. The molecule has 1 aliphatic carbocycles. The zero-order valence-corrected chi connectivity index (χ0v) is 9.02. The average Bonchev–Trinajstić information content (AvgIpc) is 2.60. The molecular formula is C10H15ClO2. The molecule has 1 heterocycles. The Labute approximate surface area is 83.6 Å². The molecule has 0 aromatic carbocycles. The number of epoxide rings is 1. The van der Waals surface area contributed by atoms with Gasteiger partial charge in [-0.2, -0.15) is 0 Å². The van der Waals surface area contributed by atoms with Gasteiger partial charge >= 0.3 is 0 Å². The summed E-state index contributed by atoms with van der Waals surface area (Å²) in [6.45, 7) is 5.83. The Balaban J connectivity index is 2.11. The van der Waals surface area contributed by atoms with Crippen molar-refractivity contribution in [2.75, 3.05) is 0 Å². The molecule has 3 unspecified atom stereocenters. The van der Waals surface area contributed by atoms with Crippen molar-refractivity contribution in [1.82, 2.24) is 0 Å². The van der Waals surface area contributed by atoms with E-state index in [4.69, 9.17) is 16.3 Å². The molecule has 1 saturated heterocycles. The maximum Gasteiger partial charge on any atom is 0.167 e. The summed E-state index contributed by atoms with van der Waals surface area (Å²) in [5.74, 6) is 0.490. The Bertz CT molecular complexity index is 256. The van der Waals surface area contributed by atoms with Crippen LogP contribution < -0.4 is 0 Å². The molecule has 2 nitrogen and oxygen atoms in total. The van der Waals surface area contributed by atoms with Gasteiger partial charge in [-0.25, -0.2) is 0 Å². The molecular weight excluding hydrogens is 188 g/mol. The third-order valence-corrected chi connectivity index (χ3v) is 3.71. The lowest BCUT2D eigenvalue weighted by Crippen LogP contribution is -2.38. The summed E-state index contributed by atoms with van der Waals surface area (Å²) in [5.41, 5.74) is -0.446. The monoisotopic (exact) mass is 202 g/mol. The molecule has 0 radical (unpaired) electrons. The van der Waals surface area contributed by atoms with Gasteiger partial charge in [0, 0.05) is 11.3 Å². The van der Waals surface area contributed by atoms with Crippen LogP contribution in [-0.2, 0) is 9.53 Å². The van der Waals surface area contributed by atoms with E-state index in [1.807, 2.05) is 20.8 Å². The van der Waals surface area contributed by atoms with Crippen LogP contribution in [0.1, 0.15) is 33.6 Å². The largest absolute Gasteiger partial charge is 0.358 e. The number of rotatable bonds is 1. The summed E-state index contributed by atoms with van der Waals surface area (Å²) in [6, 6.07) is 0. The van der Waals surface area contributed by atoms with E-state index < -0.39 is 5.60 Å². The maximum atomic E-state index is 11.6. The van der Waals surface area contributed by atoms with Crippen LogP contribution in [0.4, 0.5) is 0 Å². The van der Waals surface area contributed by atoms with E-state index in [0.29, 0.717) is 6.42 Å². The third-order valence-electron chi connectivity index (χ3n) is 3.40. The van der Waals surface area contributed by atoms with Gasteiger partial charge in [-0.05, 0) is 33.1 Å². The molecule has 2 aliphatic rings. The third kappa shape index (κ3) is 1.40. The van der Waals surface area contributed by atoms with Crippen molar-refractivity contribution >= 4 is 17.4 Å². The van der Waals surface area contributed by atoms with Crippen LogP contribution in [0.2, 0.25) is 0 Å². The molecule has 2 fully saturated rings. The maximum absolute atomic E-state index is 11.6. The zero-order valence-electron chi connectivity index (χ0n) is 8.26. The van der Waals surface area contributed by atoms with Gasteiger partial charge < -0.3 is 4.74 Å². The SMILES string of the molecule is CC(C)(Cl)C1CC(=O)C2(C)OC2C1. The van der Waals surface area contributed by atoms with Crippen LogP contribution in [0.5, 0.6) is 0 Å². The van der Waals surface area contributed by atoms with Gasteiger partial charge in [0.15, 0.2) is 5.78 Å². The van der Waals surface area contributed by atoms with E-state index >= 15 is 0 Å². The van der Waals surface area contributed by atoms with Gasteiger partial charge in [0.1, 0.15) is 5.60 Å². The highest BCUT2D eigenvalue weighted by atomic mass is 35.5. The van der Waals surface area contributed by atoms with E-state index in [1.54, 1.807) is 0 Å². The van der Waals surface area contributed by atoms with Gasteiger partial charge in [-0.1, -0.05) is 0 Å². The summed E-state index contributed by atoms with van der Waals surface area (Å²) in [5, 5.41) is 0. The minimum absolute atomic E-state index is 0.136. The number of fused-ring (bicyclic) bond motifs is 1. The molecule has 0 amide bonds. The van der Waals surface area contributed by atoms with Crippen LogP contribution in [-0.4, -0.2) is 22.4 Å². The number of hydrogen-bond acceptors (Lipinski definition) is 2. The van der Waals surface area contributed by atoms with Crippen molar-refractivity contribution in [1.29, 1.82) is 0 Å². The highest BCUT2D eigenvalue weighted by Gasteiger charge is 2.62. The van der Waals surface area contributed by atoms with Crippen molar-refractivity contribution in [2.24, 2.45) is 5.92 Å². The molecule has 0 aromatic rings. The average molecular weight is 203 g/mol. The molecule has 0 spiro atoms. The lowest BCUT2D eigenvalue weighted by Gasteiger charge is -2.30. The normalized spacial score (nSPS) is 44.5. The second-order valence-electron chi connectivity index (χ2n) is 4.84. The predicted octanol–water partition coefficient (Wildman–Crippen LogP) is 2.14. The second kappa shape index (κ2) is 2.48. The van der Waals surface area contributed by atoms with Crippen molar-refractivity contribution in [3.8, 4) is 0 Å². The van der Waals surface area contributed by atoms with Crippen molar-refractivity contribution < 1.29 is 9.53 Å². The van der Waals surface area contributed by atoms with Gasteiger partial charge in [-0.3, -0.25) is 4.79 Å². The molecule has 1 aliphatic heterocycles. The van der Waals surface area contributed by atoms with Gasteiger partial charge in [-0.15, -0.1) is 11.6 Å². The number of alkyl halides is 1. The highest BCUT2D eigenvalue weighted by molar-refractivity contribution is 6.23. The molecule has 1 saturated carbocycles. The first-order chi connectivity index (χ1) is 5.84. The highest BCUT2D eigenvalue weighted by Crippen LogP contribution is 2.50. The van der Waals surface area contributed by atoms with Crippen molar-refractivity contribution in [3.63, 3.8) is 0 Å². The Morgan fingerprint density at radius 3 is 2.69 bits per heavy atom. The van der Waals surface area contributed by atoms with E-state index in [9.17, 15) is 4.79 Å². The zero-order chi connectivity index (χ0) is 9.85. The summed E-state index contributed by atoms with van der Waals surface area (Å²) in [6.07, 6.45) is 1.64. The van der Waals surface area contributed by atoms with Crippen LogP contribution in [0.15, 0.2) is 0 Å². The van der Waals surface area contributed by atoms with E-state index in [1.165, 1.54) is 0 Å². The number of hydrogen-bond donors (Lipinski definition) is 0. The fraction of sp³-hybridized carbons (Fsp3) is 0.900. The molecule has 0 bridgehead atoms. The number of carbonyl (C=O) groups is 1. The number of ketones is 1. The molecule has 2 rings (SSSR count). The fourth-order valence-corrected chi connectivity index (χ4v) is 2.24. The smallest absolute Gasteiger partial charge is 0.167 e. The summed E-state index contributed by atoms with van der Waals surface area (Å²) in [4.78, 5) is 11.3. The van der Waals surface area contributed by atoms with Crippen LogP contribution in [0, 0.1) is 5.92 Å². The summed E-state index contributed by atoms with van der Waals surface area (Å²) in [7, 11) is 0. The minimum Gasteiger partial charge on any atom is -0.358 e. The van der Waals surface area contributed by atoms with Gasteiger partial charge in [0.05, 0.1) is 6.10 Å². The summed E-state index contributed by atoms with van der Waals surface area (Å²) >= 11 is 6.20. The second-order valence-corrected chi connectivity index (χ2v) is 5.81. The lowest BCUT2D eigenvalue weighted by atomic mass is 9.76. The molecule has 74 valence electrons. The van der Waals surface area contributed by atoms with Gasteiger partial charge in [0.2, 0.25) is 0 Å². The predicted molar refractivity (Wildman–Crippen MR) is 50.9 cm³/mol. The topological polar surface area (TPSA) is 29.6 Å². The van der Waals surface area contributed by atoms with E-state index in [0.717, 1.165) is 6.42 Å². The Kier molecular flexibility index (Phi) is 1.81. The quantitative estimate of drug-likeness (QED) is 0.482. The number of ether oxygens (including phenoxy) is 1. The lowest BCUT2D eigenvalue weighted by molar-refractivity contribution is -0.125. The fourth-order valence-electron chi connectivity index (χ4n) is 2.07. The molecule has 13 heavy (non-hydrogen) atoms. The number of carbonyl (C=O) groups excluding carboxylic acids is 1. The Morgan fingerprint density at radius 2 is 2.23 bits per heavy atom. The van der Waals surface area contributed by atoms with E-state index in [2.05, 4.69) is 0 Å². The minimum atomic E-state index is -0.446. The first kappa shape index (κ1) is 9.47. The van der Waals surface area contributed by atoms with Crippen molar-refractivity contribution in [2.45, 2.75) is 50.2 Å². The molecule has 0 aromatic heterocycles. The Hall–Kier alpha value is -0.0800. The van der Waals surface area contributed by atoms with Crippen molar-refractivity contribution in [3.05, 3.63) is 0 Å². The number of halogens is 1. The van der Waals surface area contributed by atoms with Gasteiger partial charge in [0.25, 0.3) is 0 Å². The van der Waals surface area contributed by atoms with E-state index in [-0.39, 0.29) is 22.7 Å². The van der Waals surface area contributed by atoms with Crippen LogP contribution >= 0.6 is 11.6 Å². The number of Topliss-reactive ketones (excluding diaryl/α,β-unsaturated/α-hetero) is 1. The molecule has 3 heteroatoms. The van der Waals surface area contributed by atoms with Crippen LogP contribution in [0.25, 0.3) is 0 Å². The van der Waals surface area contributed by atoms with Crippen LogP contribution in [0.3, 0.4) is 0 Å². The molecule has 0 N–H and O–H groups in total. The Morgan fingerprint density at radius 1 is 1.62 bits per heavy atom. The molecule has 3 atom stereocenters. The first-order valence-corrected chi connectivity index (χ1v) is 5.12. The summed E-state index contributed by atoms with van der Waals surface area (Å²) < 4.78 is 5.39. The standard InChI is InChI=1S/C10H15ClO2/c1-9(2,11)6-4-7(12)10(3)8(5-6)13-10/h6,8H,4-5H2,1-3H3.